The molecule has 1 aliphatic rings. The average Bonchev–Trinajstić information content (AvgIpc) is 3.30. The van der Waals surface area contributed by atoms with E-state index >= 15 is 0 Å². The molecule has 0 saturated heterocycles. The lowest BCUT2D eigenvalue weighted by Crippen LogP contribution is -2.28. The van der Waals surface area contributed by atoms with Crippen molar-refractivity contribution < 1.29 is 13.9 Å². The highest BCUT2D eigenvalue weighted by molar-refractivity contribution is 6.67. The molecular formula is C18H14Cl3FO2. The van der Waals surface area contributed by atoms with Crippen LogP contribution in [-0.4, -0.2) is 16.4 Å². The molecule has 6 heteroatoms. The molecule has 0 aliphatic heterocycles. The van der Waals surface area contributed by atoms with Crippen LogP contribution in [0, 0.1) is 5.82 Å². The molecular weight excluding hydrogens is 374 g/mol. The van der Waals surface area contributed by atoms with Crippen LogP contribution in [0.4, 0.5) is 4.39 Å². The first kappa shape index (κ1) is 17.5. The molecule has 0 unspecified atom stereocenters. The smallest absolute Gasteiger partial charge is 0.317 e. The van der Waals surface area contributed by atoms with Crippen LogP contribution >= 0.6 is 34.8 Å². The van der Waals surface area contributed by atoms with Gasteiger partial charge >= 0.3 is 5.97 Å². The van der Waals surface area contributed by atoms with Crippen molar-refractivity contribution in [1.82, 2.24) is 0 Å². The number of esters is 1. The maximum Gasteiger partial charge on any atom is 0.317 e. The van der Waals surface area contributed by atoms with E-state index in [0.29, 0.717) is 12.0 Å². The zero-order valence-electron chi connectivity index (χ0n) is 12.5. The molecule has 2 aromatic carbocycles. The van der Waals surface area contributed by atoms with Crippen molar-refractivity contribution in [2.75, 3.05) is 6.61 Å². The Morgan fingerprint density at radius 2 is 1.75 bits per heavy atom. The summed E-state index contributed by atoms with van der Waals surface area (Å²) in [6, 6.07) is 15.5. The van der Waals surface area contributed by atoms with Gasteiger partial charge in [0, 0.05) is 5.92 Å². The first-order valence-corrected chi connectivity index (χ1v) is 8.51. The summed E-state index contributed by atoms with van der Waals surface area (Å²) < 4.78 is 16.8. The van der Waals surface area contributed by atoms with E-state index in [-0.39, 0.29) is 18.3 Å². The van der Waals surface area contributed by atoms with Crippen LogP contribution in [0.5, 0.6) is 0 Å². The van der Waals surface area contributed by atoms with Gasteiger partial charge in [-0.25, -0.2) is 4.39 Å². The maximum absolute atomic E-state index is 13.3. The molecule has 24 heavy (non-hydrogen) atoms. The number of carbonyl (C=O) groups is 1. The number of carbonyl (C=O) groups excluding carboxylic acids is 1. The summed E-state index contributed by atoms with van der Waals surface area (Å²) in [5.41, 5.74) is 0.852. The Morgan fingerprint density at radius 3 is 2.33 bits per heavy atom. The lowest BCUT2D eigenvalue weighted by Gasteiger charge is -2.19. The Morgan fingerprint density at radius 1 is 1.12 bits per heavy atom. The zero-order chi connectivity index (χ0) is 17.4. The van der Waals surface area contributed by atoms with Crippen LogP contribution in [-0.2, 0) is 14.9 Å². The maximum atomic E-state index is 13.3. The number of hydrogen-bond donors (Lipinski definition) is 0. The summed E-state index contributed by atoms with van der Waals surface area (Å²) >= 11 is 17.0. The Kier molecular flexibility index (Phi) is 4.78. The van der Waals surface area contributed by atoms with Crippen molar-refractivity contribution in [3.05, 3.63) is 71.5 Å². The molecule has 1 aliphatic carbocycles. The molecule has 0 bridgehead atoms. The number of halogens is 4. The highest BCUT2D eigenvalue weighted by Crippen LogP contribution is 2.61. The van der Waals surface area contributed by atoms with Gasteiger partial charge < -0.3 is 4.74 Å². The van der Waals surface area contributed by atoms with Gasteiger partial charge in [-0.3, -0.25) is 4.79 Å². The highest BCUT2D eigenvalue weighted by atomic mass is 35.6. The summed E-state index contributed by atoms with van der Waals surface area (Å²) in [6.07, 6.45) is 0.571. The van der Waals surface area contributed by atoms with Gasteiger partial charge in [-0.1, -0.05) is 77.3 Å². The molecule has 0 aromatic heterocycles. The third-order valence-corrected chi connectivity index (χ3v) is 4.58. The summed E-state index contributed by atoms with van der Waals surface area (Å²) in [4.78, 5) is 12.8. The largest absolute Gasteiger partial charge is 0.460 e. The molecule has 1 saturated carbocycles. The van der Waals surface area contributed by atoms with Gasteiger partial charge in [-0.2, -0.15) is 0 Å². The number of benzene rings is 2. The van der Waals surface area contributed by atoms with Crippen molar-refractivity contribution in [1.29, 1.82) is 0 Å². The summed E-state index contributed by atoms with van der Waals surface area (Å²) in [7, 11) is 0. The topological polar surface area (TPSA) is 26.3 Å². The minimum absolute atomic E-state index is 0.0490. The van der Waals surface area contributed by atoms with Crippen LogP contribution in [0.25, 0.3) is 0 Å². The predicted octanol–water partition coefficient (Wildman–Crippen LogP) is 5.16. The standard InChI is InChI=1S/C18H14Cl3FO2/c19-18(20,21)11-24-16(23)17(13-6-8-14(22)9-7-13)10-15(17)12-4-2-1-3-5-12/h1-9,15H,10-11H2/t15-,17-/m0/s1. The first-order chi connectivity index (χ1) is 11.3. The number of hydrogen-bond acceptors (Lipinski definition) is 2. The average molecular weight is 388 g/mol. The number of rotatable bonds is 4. The van der Waals surface area contributed by atoms with Gasteiger partial charge in [-0.15, -0.1) is 0 Å². The van der Waals surface area contributed by atoms with Crippen LogP contribution in [0.2, 0.25) is 0 Å². The summed E-state index contributed by atoms with van der Waals surface area (Å²) in [6.45, 7) is -0.332. The SMILES string of the molecule is O=C(OCC(Cl)(Cl)Cl)[C@]1(c2ccc(F)cc2)C[C@H]1c1ccccc1. The third kappa shape index (κ3) is 3.53. The van der Waals surface area contributed by atoms with E-state index in [2.05, 4.69) is 0 Å². The van der Waals surface area contributed by atoms with Gasteiger partial charge in [0.05, 0.1) is 0 Å². The van der Waals surface area contributed by atoms with Crippen molar-refractivity contribution >= 4 is 40.8 Å². The molecule has 2 atom stereocenters. The molecule has 3 rings (SSSR count). The van der Waals surface area contributed by atoms with E-state index in [1.165, 1.54) is 12.1 Å². The highest BCUT2D eigenvalue weighted by Gasteiger charge is 2.63. The van der Waals surface area contributed by atoms with E-state index in [0.717, 1.165) is 5.56 Å². The molecule has 2 nitrogen and oxygen atoms in total. The van der Waals surface area contributed by atoms with E-state index in [1.54, 1.807) is 12.1 Å². The zero-order valence-corrected chi connectivity index (χ0v) is 14.8. The predicted molar refractivity (Wildman–Crippen MR) is 93.1 cm³/mol. The van der Waals surface area contributed by atoms with Gasteiger partial charge in [0.25, 0.3) is 0 Å². The minimum atomic E-state index is -1.67. The molecule has 126 valence electrons. The molecule has 0 N–H and O–H groups in total. The lowest BCUT2D eigenvalue weighted by atomic mass is 9.90. The monoisotopic (exact) mass is 386 g/mol. The number of alkyl halides is 3. The van der Waals surface area contributed by atoms with Gasteiger partial charge in [0.15, 0.2) is 0 Å². The van der Waals surface area contributed by atoms with Crippen molar-refractivity contribution in [3.8, 4) is 0 Å². The molecule has 0 spiro atoms. The lowest BCUT2D eigenvalue weighted by molar-refractivity contribution is -0.146. The van der Waals surface area contributed by atoms with E-state index in [9.17, 15) is 9.18 Å². The Balaban J connectivity index is 1.91. The molecule has 2 aromatic rings. The fourth-order valence-corrected chi connectivity index (χ4v) is 3.20. The van der Waals surface area contributed by atoms with Crippen LogP contribution in [0.15, 0.2) is 54.6 Å². The summed E-state index contributed by atoms with van der Waals surface area (Å²) in [5, 5.41) is 0. The van der Waals surface area contributed by atoms with E-state index in [4.69, 9.17) is 39.5 Å². The molecule has 0 heterocycles. The Hall–Kier alpha value is -1.29. The summed E-state index contributed by atoms with van der Waals surface area (Å²) in [5.74, 6) is -0.873. The second kappa shape index (κ2) is 6.55. The fraction of sp³-hybridized carbons (Fsp3) is 0.278. The van der Waals surface area contributed by atoms with Gasteiger partial charge in [0.1, 0.15) is 17.8 Å². The number of ether oxygens (including phenoxy) is 1. The van der Waals surface area contributed by atoms with Crippen molar-refractivity contribution in [3.63, 3.8) is 0 Å². The third-order valence-electron chi connectivity index (χ3n) is 4.25. The minimum Gasteiger partial charge on any atom is -0.460 e. The molecule has 1 fully saturated rings. The van der Waals surface area contributed by atoms with E-state index < -0.39 is 15.2 Å². The van der Waals surface area contributed by atoms with Crippen molar-refractivity contribution in [2.45, 2.75) is 21.5 Å². The normalized spacial score (nSPS) is 22.9. The fourth-order valence-electron chi connectivity index (χ4n) is 3.04. The van der Waals surface area contributed by atoms with Crippen molar-refractivity contribution in [2.24, 2.45) is 0 Å². The molecule has 0 amide bonds. The van der Waals surface area contributed by atoms with Crippen LogP contribution in [0.3, 0.4) is 0 Å². The first-order valence-electron chi connectivity index (χ1n) is 7.38. The van der Waals surface area contributed by atoms with Gasteiger partial charge in [0.2, 0.25) is 3.79 Å². The quantitative estimate of drug-likeness (QED) is 0.535. The van der Waals surface area contributed by atoms with Crippen LogP contribution in [0.1, 0.15) is 23.5 Å². The molecule has 0 radical (unpaired) electrons. The second-order valence-electron chi connectivity index (χ2n) is 5.84. The van der Waals surface area contributed by atoms with Gasteiger partial charge in [-0.05, 0) is 29.7 Å². The van der Waals surface area contributed by atoms with E-state index in [1.807, 2.05) is 30.3 Å². The van der Waals surface area contributed by atoms with Crippen LogP contribution < -0.4 is 0 Å². The Labute approximate surface area is 154 Å². The Bertz CT molecular complexity index is 728. The second-order valence-corrected chi connectivity index (χ2v) is 8.35.